The number of rotatable bonds is 8. The summed E-state index contributed by atoms with van der Waals surface area (Å²) < 4.78 is 0. The van der Waals surface area contributed by atoms with Gasteiger partial charge in [0.05, 0.1) is 0 Å². The second-order valence-corrected chi connectivity index (χ2v) is 9.37. The van der Waals surface area contributed by atoms with Crippen molar-refractivity contribution in [3.63, 3.8) is 0 Å². The molecule has 0 spiro atoms. The van der Waals surface area contributed by atoms with Crippen molar-refractivity contribution in [2.45, 2.75) is 51.0 Å². The zero-order valence-electron chi connectivity index (χ0n) is 19.5. The van der Waals surface area contributed by atoms with E-state index in [-0.39, 0.29) is 23.8 Å². The maximum atomic E-state index is 12.8. The van der Waals surface area contributed by atoms with E-state index in [1.54, 1.807) is 0 Å². The predicted molar refractivity (Wildman–Crippen MR) is 130 cm³/mol. The van der Waals surface area contributed by atoms with Gasteiger partial charge in [-0.3, -0.25) is 14.6 Å². The van der Waals surface area contributed by atoms with Crippen LogP contribution < -0.4 is 5.32 Å². The largest absolute Gasteiger partial charge is 0.353 e. The van der Waals surface area contributed by atoms with Gasteiger partial charge in [0.25, 0.3) is 0 Å². The van der Waals surface area contributed by atoms with E-state index in [9.17, 15) is 9.59 Å². The molecule has 0 radical (unpaired) electrons. The van der Waals surface area contributed by atoms with Gasteiger partial charge in [0.1, 0.15) is 0 Å². The van der Waals surface area contributed by atoms with Crippen molar-refractivity contribution in [3.05, 3.63) is 66.0 Å². The van der Waals surface area contributed by atoms with Gasteiger partial charge in [-0.15, -0.1) is 0 Å². The van der Waals surface area contributed by atoms with Crippen LogP contribution in [0, 0.1) is 5.92 Å². The average Bonchev–Trinajstić information content (AvgIpc) is 2.88. The predicted octanol–water partition coefficient (Wildman–Crippen LogP) is 3.08. The summed E-state index contributed by atoms with van der Waals surface area (Å²) in [5.74, 6) is 0.423. The third kappa shape index (κ3) is 7.13. The number of hydrogen-bond acceptors (Lipinski definition) is 4. The van der Waals surface area contributed by atoms with Crippen LogP contribution in [0.25, 0.3) is 0 Å². The number of nitrogens with zero attached hydrogens (tertiary/aromatic N) is 3. The first kappa shape index (κ1) is 23.4. The second kappa shape index (κ2) is 11.9. The SMILES string of the molecule is O=C(NC1CCN(CCc2ccncc2)CC1)C1CCN(C(=O)CCc2ccccc2)CC1. The van der Waals surface area contributed by atoms with Crippen LogP contribution in [-0.4, -0.2) is 65.4 Å². The number of aryl methyl sites for hydroxylation is 1. The minimum atomic E-state index is 0.0351. The summed E-state index contributed by atoms with van der Waals surface area (Å²) in [6.45, 7) is 4.51. The highest BCUT2D eigenvalue weighted by Crippen LogP contribution is 2.20. The van der Waals surface area contributed by atoms with Crippen molar-refractivity contribution >= 4 is 11.8 Å². The molecule has 6 heteroatoms. The highest BCUT2D eigenvalue weighted by Gasteiger charge is 2.29. The number of carbonyl (C=O) groups excluding carboxylic acids is 2. The fourth-order valence-electron chi connectivity index (χ4n) is 4.90. The molecule has 0 bridgehead atoms. The van der Waals surface area contributed by atoms with Gasteiger partial charge in [0, 0.05) is 63.5 Å². The molecule has 33 heavy (non-hydrogen) atoms. The summed E-state index contributed by atoms with van der Waals surface area (Å²) in [6, 6.07) is 14.6. The van der Waals surface area contributed by atoms with Crippen LogP contribution in [-0.2, 0) is 22.4 Å². The minimum absolute atomic E-state index is 0.0351. The molecular formula is C27H36N4O2. The van der Waals surface area contributed by atoms with E-state index >= 15 is 0 Å². The monoisotopic (exact) mass is 448 g/mol. The third-order valence-corrected chi connectivity index (χ3v) is 7.09. The van der Waals surface area contributed by atoms with Gasteiger partial charge in [-0.2, -0.15) is 0 Å². The molecule has 0 atom stereocenters. The van der Waals surface area contributed by atoms with E-state index in [4.69, 9.17) is 0 Å². The van der Waals surface area contributed by atoms with E-state index in [0.29, 0.717) is 19.5 Å². The first-order chi connectivity index (χ1) is 16.2. The summed E-state index contributed by atoms with van der Waals surface area (Å²) in [5, 5.41) is 3.30. The van der Waals surface area contributed by atoms with Gasteiger partial charge in [-0.25, -0.2) is 0 Å². The van der Waals surface area contributed by atoms with Crippen LogP contribution >= 0.6 is 0 Å². The second-order valence-electron chi connectivity index (χ2n) is 9.37. The summed E-state index contributed by atoms with van der Waals surface area (Å²) in [6.07, 6.45) is 9.63. The number of piperidine rings is 2. The fraction of sp³-hybridized carbons (Fsp3) is 0.519. The minimum Gasteiger partial charge on any atom is -0.353 e. The molecule has 2 aliphatic heterocycles. The molecule has 0 aliphatic carbocycles. The number of carbonyl (C=O) groups is 2. The standard InChI is InChI=1S/C27H36N4O2/c32-26(7-6-22-4-2-1-3-5-22)31-20-11-24(12-21-31)27(33)29-25-13-18-30(19-14-25)17-10-23-8-15-28-16-9-23/h1-5,8-9,15-16,24-25H,6-7,10-14,17-21H2,(H,29,33). The lowest BCUT2D eigenvalue weighted by molar-refractivity contribution is -0.135. The highest BCUT2D eigenvalue weighted by atomic mass is 16.2. The van der Waals surface area contributed by atoms with Crippen molar-refractivity contribution in [3.8, 4) is 0 Å². The normalized spacial score (nSPS) is 18.2. The van der Waals surface area contributed by atoms with Gasteiger partial charge in [0.15, 0.2) is 0 Å². The molecule has 2 saturated heterocycles. The van der Waals surface area contributed by atoms with Crippen molar-refractivity contribution in [1.29, 1.82) is 0 Å². The lowest BCUT2D eigenvalue weighted by Crippen LogP contribution is -2.48. The molecule has 2 amide bonds. The average molecular weight is 449 g/mol. The Labute approximate surface area is 197 Å². The van der Waals surface area contributed by atoms with Gasteiger partial charge < -0.3 is 15.1 Å². The van der Waals surface area contributed by atoms with Gasteiger partial charge in [-0.05, 0) is 61.8 Å². The summed E-state index contributed by atoms with van der Waals surface area (Å²) in [7, 11) is 0. The Morgan fingerprint density at radius 2 is 1.52 bits per heavy atom. The molecule has 1 aromatic heterocycles. The molecule has 2 fully saturated rings. The van der Waals surface area contributed by atoms with Crippen molar-refractivity contribution in [2.24, 2.45) is 5.92 Å². The van der Waals surface area contributed by atoms with Crippen molar-refractivity contribution in [1.82, 2.24) is 20.1 Å². The number of nitrogens with one attached hydrogen (secondary N) is 1. The van der Waals surface area contributed by atoms with Crippen LogP contribution in [0.3, 0.4) is 0 Å². The Balaban J connectivity index is 1.12. The first-order valence-corrected chi connectivity index (χ1v) is 12.4. The third-order valence-electron chi connectivity index (χ3n) is 7.09. The summed E-state index contributed by atoms with van der Waals surface area (Å²) >= 11 is 0. The Morgan fingerprint density at radius 3 is 2.21 bits per heavy atom. The molecule has 3 heterocycles. The van der Waals surface area contributed by atoms with E-state index in [1.807, 2.05) is 35.5 Å². The molecule has 2 aliphatic rings. The number of aromatic nitrogens is 1. The van der Waals surface area contributed by atoms with Crippen LogP contribution in [0.4, 0.5) is 0 Å². The molecular weight excluding hydrogens is 412 g/mol. The zero-order chi connectivity index (χ0) is 22.9. The van der Waals surface area contributed by atoms with Crippen LogP contribution in [0.1, 0.15) is 43.2 Å². The zero-order valence-corrected chi connectivity index (χ0v) is 19.5. The fourth-order valence-corrected chi connectivity index (χ4v) is 4.90. The Hall–Kier alpha value is -2.73. The number of likely N-dealkylation sites (tertiary alicyclic amines) is 2. The topological polar surface area (TPSA) is 65.5 Å². The van der Waals surface area contributed by atoms with E-state index in [1.165, 1.54) is 11.1 Å². The van der Waals surface area contributed by atoms with Gasteiger partial charge >= 0.3 is 0 Å². The van der Waals surface area contributed by atoms with E-state index < -0.39 is 0 Å². The van der Waals surface area contributed by atoms with E-state index in [0.717, 1.165) is 58.2 Å². The molecule has 1 N–H and O–H groups in total. The van der Waals surface area contributed by atoms with Crippen molar-refractivity contribution < 1.29 is 9.59 Å². The maximum absolute atomic E-state index is 12.8. The lowest BCUT2D eigenvalue weighted by atomic mass is 9.94. The smallest absolute Gasteiger partial charge is 0.223 e. The molecule has 4 rings (SSSR count). The summed E-state index contributed by atoms with van der Waals surface area (Å²) in [5.41, 5.74) is 2.52. The number of amides is 2. The molecule has 2 aromatic rings. The Bertz CT molecular complexity index is 874. The van der Waals surface area contributed by atoms with Crippen molar-refractivity contribution in [2.75, 3.05) is 32.7 Å². The van der Waals surface area contributed by atoms with Crippen LogP contribution in [0.2, 0.25) is 0 Å². The number of hydrogen-bond donors (Lipinski definition) is 1. The molecule has 0 saturated carbocycles. The maximum Gasteiger partial charge on any atom is 0.223 e. The van der Waals surface area contributed by atoms with Gasteiger partial charge in [-0.1, -0.05) is 30.3 Å². The quantitative estimate of drug-likeness (QED) is 0.674. The molecule has 0 unspecified atom stereocenters. The molecule has 6 nitrogen and oxygen atoms in total. The Morgan fingerprint density at radius 1 is 0.848 bits per heavy atom. The Kier molecular flexibility index (Phi) is 8.47. The first-order valence-electron chi connectivity index (χ1n) is 12.4. The lowest BCUT2D eigenvalue weighted by Gasteiger charge is -2.35. The molecule has 1 aromatic carbocycles. The van der Waals surface area contributed by atoms with Crippen LogP contribution in [0.15, 0.2) is 54.9 Å². The number of pyridine rings is 1. The summed E-state index contributed by atoms with van der Waals surface area (Å²) in [4.78, 5) is 33.9. The molecule has 176 valence electrons. The van der Waals surface area contributed by atoms with E-state index in [2.05, 4.69) is 39.5 Å². The number of benzene rings is 1. The van der Waals surface area contributed by atoms with Crippen LogP contribution in [0.5, 0.6) is 0 Å². The van der Waals surface area contributed by atoms with Gasteiger partial charge in [0.2, 0.25) is 11.8 Å². The highest BCUT2D eigenvalue weighted by molar-refractivity contribution is 5.80.